The maximum atomic E-state index is 13.2. The summed E-state index contributed by atoms with van der Waals surface area (Å²) in [5.74, 6) is -0.623. The van der Waals surface area contributed by atoms with Gasteiger partial charge in [0.2, 0.25) is 0 Å². The Kier molecular flexibility index (Phi) is 4.76. The molecule has 0 aliphatic carbocycles. The van der Waals surface area contributed by atoms with Crippen LogP contribution in [-0.4, -0.2) is 24.1 Å². The summed E-state index contributed by atoms with van der Waals surface area (Å²) >= 11 is 0. The van der Waals surface area contributed by atoms with Crippen LogP contribution in [0.15, 0.2) is 54.7 Å². The molecule has 0 saturated heterocycles. The molecule has 0 saturated carbocycles. The number of anilines is 3. The number of ether oxygens (including phenoxy) is 2. The van der Waals surface area contributed by atoms with Crippen molar-refractivity contribution >= 4 is 23.1 Å². The number of aromatic nitrogens is 1. The van der Waals surface area contributed by atoms with Crippen LogP contribution in [0, 0.1) is 11.6 Å². The minimum Gasteiger partial charge on any atom is -0.486 e. The summed E-state index contributed by atoms with van der Waals surface area (Å²) in [4.78, 5) is 16.4. The van der Waals surface area contributed by atoms with E-state index in [4.69, 9.17) is 9.47 Å². The van der Waals surface area contributed by atoms with Gasteiger partial charge in [-0.3, -0.25) is 4.79 Å². The second-order valence-electron chi connectivity index (χ2n) is 6.00. The number of pyridine rings is 1. The molecular weight excluding hydrogens is 368 g/mol. The Bertz CT molecular complexity index is 1030. The van der Waals surface area contributed by atoms with Crippen molar-refractivity contribution in [2.24, 2.45) is 0 Å². The number of carbonyl (C=O) groups is 1. The highest BCUT2D eigenvalue weighted by Crippen LogP contribution is 2.33. The standard InChI is InChI=1S/C20H15F2N3O3/c21-15-4-2-13(9-16(15)22)25-20(26)12-1-6-19(23-11-12)24-14-3-5-17-18(10-14)28-8-7-27-17/h1-6,9-11H,7-8H2,(H,23,24)(H,25,26). The van der Waals surface area contributed by atoms with E-state index in [-0.39, 0.29) is 11.3 Å². The predicted octanol–water partition coefficient (Wildman–Crippen LogP) is 4.13. The summed E-state index contributed by atoms with van der Waals surface area (Å²) in [5.41, 5.74) is 1.19. The number of hydrogen-bond donors (Lipinski definition) is 2. The van der Waals surface area contributed by atoms with Gasteiger partial charge in [0.05, 0.1) is 5.56 Å². The molecule has 1 amide bonds. The van der Waals surface area contributed by atoms with Crippen molar-refractivity contribution in [3.8, 4) is 11.5 Å². The number of benzene rings is 2. The molecule has 142 valence electrons. The molecule has 0 radical (unpaired) electrons. The Labute approximate surface area is 159 Å². The minimum absolute atomic E-state index is 0.155. The lowest BCUT2D eigenvalue weighted by molar-refractivity contribution is 0.102. The highest BCUT2D eigenvalue weighted by Gasteiger charge is 2.12. The topological polar surface area (TPSA) is 72.5 Å². The summed E-state index contributed by atoms with van der Waals surface area (Å²) in [7, 11) is 0. The second-order valence-corrected chi connectivity index (χ2v) is 6.00. The molecule has 1 aliphatic rings. The van der Waals surface area contributed by atoms with Crippen LogP contribution in [0.5, 0.6) is 11.5 Å². The molecule has 8 heteroatoms. The first-order valence-corrected chi connectivity index (χ1v) is 8.47. The predicted molar refractivity (Wildman–Crippen MR) is 99.3 cm³/mol. The van der Waals surface area contributed by atoms with E-state index in [1.54, 1.807) is 24.3 Å². The van der Waals surface area contributed by atoms with Crippen LogP contribution < -0.4 is 20.1 Å². The number of nitrogens with zero attached hydrogens (tertiary/aromatic N) is 1. The molecule has 0 unspecified atom stereocenters. The summed E-state index contributed by atoms with van der Waals surface area (Å²) in [6.07, 6.45) is 1.38. The van der Waals surface area contributed by atoms with Gasteiger partial charge in [-0.15, -0.1) is 0 Å². The minimum atomic E-state index is -1.03. The number of fused-ring (bicyclic) bond motifs is 1. The van der Waals surface area contributed by atoms with E-state index >= 15 is 0 Å². The molecule has 6 nitrogen and oxygen atoms in total. The Morgan fingerprint density at radius 3 is 2.43 bits per heavy atom. The molecule has 0 bridgehead atoms. The quantitative estimate of drug-likeness (QED) is 0.709. The molecular formula is C20H15F2N3O3. The van der Waals surface area contributed by atoms with Gasteiger partial charge >= 0.3 is 0 Å². The third-order valence-corrected chi connectivity index (χ3v) is 4.02. The van der Waals surface area contributed by atoms with Crippen LogP contribution in [0.1, 0.15) is 10.4 Å². The largest absolute Gasteiger partial charge is 0.486 e. The highest BCUT2D eigenvalue weighted by atomic mass is 19.2. The van der Waals surface area contributed by atoms with E-state index < -0.39 is 17.5 Å². The van der Waals surface area contributed by atoms with Gasteiger partial charge in [-0.2, -0.15) is 0 Å². The van der Waals surface area contributed by atoms with E-state index in [1.807, 2.05) is 6.07 Å². The molecule has 0 fully saturated rings. The van der Waals surface area contributed by atoms with Gasteiger partial charge < -0.3 is 20.1 Å². The summed E-state index contributed by atoms with van der Waals surface area (Å²) in [5, 5.41) is 5.61. The van der Waals surface area contributed by atoms with Crippen LogP contribution in [0.4, 0.5) is 26.0 Å². The Morgan fingerprint density at radius 2 is 1.68 bits per heavy atom. The molecule has 0 atom stereocenters. The Hall–Kier alpha value is -3.68. The number of hydrogen-bond acceptors (Lipinski definition) is 5. The van der Waals surface area contributed by atoms with Gasteiger partial charge in [-0.05, 0) is 36.4 Å². The first kappa shape index (κ1) is 17.7. The molecule has 1 aromatic heterocycles. The number of carbonyl (C=O) groups excluding carboxylic acids is 1. The van der Waals surface area contributed by atoms with E-state index in [0.29, 0.717) is 30.5 Å². The van der Waals surface area contributed by atoms with Crippen molar-refractivity contribution < 1.29 is 23.0 Å². The van der Waals surface area contributed by atoms with E-state index in [0.717, 1.165) is 17.8 Å². The number of amides is 1. The fraction of sp³-hybridized carbons (Fsp3) is 0.100. The Morgan fingerprint density at radius 1 is 0.893 bits per heavy atom. The molecule has 2 heterocycles. The van der Waals surface area contributed by atoms with Crippen molar-refractivity contribution in [3.05, 3.63) is 71.9 Å². The van der Waals surface area contributed by atoms with Crippen LogP contribution in [0.2, 0.25) is 0 Å². The lowest BCUT2D eigenvalue weighted by atomic mass is 10.2. The van der Waals surface area contributed by atoms with E-state index in [9.17, 15) is 13.6 Å². The van der Waals surface area contributed by atoms with E-state index in [2.05, 4.69) is 15.6 Å². The lowest BCUT2D eigenvalue weighted by Gasteiger charge is -2.19. The molecule has 0 spiro atoms. The zero-order valence-corrected chi connectivity index (χ0v) is 14.5. The summed E-state index contributed by atoms with van der Waals surface area (Å²) in [6.45, 7) is 1.02. The maximum absolute atomic E-state index is 13.2. The Balaban J connectivity index is 1.43. The average Bonchev–Trinajstić information content (AvgIpc) is 2.71. The van der Waals surface area contributed by atoms with Gasteiger partial charge in [0.25, 0.3) is 5.91 Å². The maximum Gasteiger partial charge on any atom is 0.257 e. The SMILES string of the molecule is O=C(Nc1ccc(F)c(F)c1)c1ccc(Nc2ccc3c(c2)OCCO3)nc1. The van der Waals surface area contributed by atoms with Crippen LogP contribution >= 0.6 is 0 Å². The smallest absolute Gasteiger partial charge is 0.257 e. The van der Waals surface area contributed by atoms with Crippen LogP contribution in [0.25, 0.3) is 0 Å². The fourth-order valence-corrected chi connectivity index (χ4v) is 2.65. The van der Waals surface area contributed by atoms with Gasteiger partial charge in [-0.1, -0.05) is 0 Å². The molecule has 2 N–H and O–H groups in total. The van der Waals surface area contributed by atoms with Gasteiger partial charge in [-0.25, -0.2) is 13.8 Å². The van der Waals surface area contributed by atoms with Gasteiger partial charge in [0.15, 0.2) is 23.1 Å². The van der Waals surface area contributed by atoms with Crippen molar-refractivity contribution in [2.45, 2.75) is 0 Å². The van der Waals surface area contributed by atoms with Crippen LogP contribution in [-0.2, 0) is 0 Å². The molecule has 2 aromatic carbocycles. The third kappa shape index (κ3) is 3.85. The van der Waals surface area contributed by atoms with Gasteiger partial charge in [0, 0.05) is 29.7 Å². The highest BCUT2D eigenvalue weighted by molar-refractivity contribution is 6.04. The van der Waals surface area contributed by atoms with Crippen molar-refractivity contribution in [2.75, 3.05) is 23.8 Å². The normalized spacial score (nSPS) is 12.4. The first-order valence-electron chi connectivity index (χ1n) is 8.47. The number of halogens is 2. The lowest BCUT2D eigenvalue weighted by Crippen LogP contribution is -2.15. The van der Waals surface area contributed by atoms with Crippen molar-refractivity contribution in [1.29, 1.82) is 0 Å². The number of nitrogens with one attached hydrogen (secondary N) is 2. The summed E-state index contributed by atoms with van der Waals surface area (Å²) in [6, 6.07) is 11.8. The molecule has 3 aromatic rings. The average molecular weight is 383 g/mol. The van der Waals surface area contributed by atoms with Crippen molar-refractivity contribution in [3.63, 3.8) is 0 Å². The third-order valence-electron chi connectivity index (χ3n) is 4.02. The monoisotopic (exact) mass is 383 g/mol. The van der Waals surface area contributed by atoms with Gasteiger partial charge in [0.1, 0.15) is 19.0 Å². The van der Waals surface area contributed by atoms with Crippen LogP contribution in [0.3, 0.4) is 0 Å². The van der Waals surface area contributed by atoms with E-state index in [1.165, 1.54) is 12.3 Å². The zero-order chi connectivity index (χ0) is 19.5. The van der Waals surface area contributed by atoms with Crippen molar-refractivity contribution in [1.82, 2.24) is 4.98 Å². The fourth-order valence-electron chi connectivity index (χ4n) is 2.65. The molecule has 1 aliphatic heterocycles. The molecule has 28 heavy (non-hydrogen) atoms. The summed E-state index contributed by atoms with van der Waals surface area (Å²) < 4.78 is 37.2. The molecule has 4 rings (SSSR count). The first-order chi connectivity index (χ1) is 13.6. The number of rotatable bonds is 4. The zero-order valence-electron chi connectivity index (χ0n) is 14.5. The second kappa shape index (κ2) is 7.51.